The highest BCUT2D eigenvalue weighted by atomic mass is 16.6. The van der Waals surface area contributed by atoms with E-state index in [2.05, 4.69) is 15.3 Å². The van der Waals surface area contributed by atoms with Crippen molar-refractivity contribution in [3.8, 4) is 17.0 Å². The third kappa shape index (κ3) is 6.08. The molecule has 0 aliphatic carbocycles. The number of likely N-dealkylation sites (tertiary alicyclic amines) is 1. The minimum atomic E-state index is -0.574. The van der Waals surface area contributed by atoms with Crippen molar-refractivity contribution in [2.45, 2.75) is 51.8 Å². The lowest BCUT2D eigenvalue weighted by molar-refractivity contribution is 0.0169. The monoisotopic (exact) mass is 557 g/mol. The first kappa shape index (κ1) is 27.9. The van der Waals surface area contributed by atoms with Crippen LogP contribution in [0.3, 0.4) is 0 Å². The Morgan fingerprint density at radius 2 is 1.93 bits per heavy atom. The van der Waals surface area contributed by atoms with E-state index in [0.29, 0.717) is 53.5 Å². The van der Waals surface area contributed by atoms with Crippen molar-refractivity contribution in [3.05, 3.63) is 66.0 Å². The van der Waals surface area contributed by atoms with Crippen LogP contribution >= 0.6 is 0 Å². The van der Waals surface area contributed by atoms with E-state index in [-0.39, 0.29) is 18.0 Å². The van der Waals surface area contributed by atoms with Crippen molar-refractivity contribution in [1.82, 2.24) is 30.0 Å². The van der Waals surface area contributed by atoms with Gasteiger partial charge in [-0.2, -0.15) is 5.10 Å². The Labute approximate surface area is 238 Å². The molecule has 0 unspecified atom stereocenters. The molecule has 0 spiro atoms. The Morgan fingerprint density at radius 3 is 2.71 bits per heavy atom. The molecule has 41 heavy (non-hydrogen) atoms. The van der Waals surface area contributed by atoms with E-state index in [1.807, 2.05) is 55.8 Å². The molecule has 5 rings (SSSR count). The van der Waals surface area contributed by atoms with Crippen molar-refractivity contribution in [2.75, 3.05) is 25.9 Å². The summed E-state index contributed by atoms with van der Waals surface area (Å²) in [6, 6.07) is 14.7. The maximum absolute atomic E-state index is 12.8. The number of methoxy groups -OCH3 is 1. The maximum atomic E-state index is 12.8. The van der Waals surface area contributed by atoms with E-state index >= 15 is 0 Å². The summed E-state index contributed by atoms with van der Waals surface area (Å²) in [5, 5.41) is 8.58. The number of hydrogen-bond acceptors (Lipinski definition) is 8. The van der Waals surface area contributed by atoms with E-state index < -0.39 is 5.60 Å². The number of piperidine rings is 1. The standard InChI is InChI=1S/C30H35N7O4/c1-30(2,3)41-29(39)36-14-8-11-21(17-36)37-27-24(26(31)33-18-34-27)25(35-37)20-10-7-9-19(15-20)16-32-28(38)22-12-5-6-13-23(22)40-4/h5-7,9-10,12-13,15,18,21H,8,11,14,16-17H2,1-4H3,(H,32,38)(H2,31,33,34)/t21-/m1/s1. The third-order valence-electron chi connectivity index (χ3n) is 6.92. The lowest BCUT2D eigenvalue weighted by Crippen LogP contribution is -2.43. The first-order valence-electron chi connectivity index (χ1n) is 13.6. The van der Waals surface area contributed by atoms with Crippen molar-refractivity contribution in [2.24, 2.45) is 0 Å². The summed E-state index contributed by atoms with van der Waals surface area (Å²) in [6.07, 6.45) is 2.73. The van der Waals surface area contributed by atoms with E-state index in [1.54, 1.807) is 23.1 Å². The Bertz CT molecular complexity index is 1580. The van der Waals surface area contributed by atoms with Crippen LogP contribution in [-0.2, 0) is 11.3 Å². The Balaban J connectivity index is 1.41. The van der Waals surface area contributed by atoms with Gasteiger partial charge in [-0.05, 0) is 57.4 Å². The molecule has 3 N–H and O–H groups in total. The van der Waals surface area contributed by atoms with Gasteiger partial charge in [-0.25, -0.2) is 19.4 Å². The second-order valence-corrected chi connectivity index (χ2v) is 11.1. The number of anilines is 1. The number of aromatic nitrogens is 4. The lowest BCUT2D eigenvalue weighted by atomic mass is 10.1. The normalized spacial score (nSPS) is 15.5. The van der Waals surface area contributed by atoms with E-state index in [0.717, 1.165) is 24.0 Å². The molecule has 2 amide bonds. The van der Waals surface area contributed by atoms with Crippen LogP contribution in [0.1, 0.15) is 55.6 Å². The van der Waals surface area contributed by atoms with Gasteiger partial charge in [-0.3, -0.25) is 4.79 Å². The first-order chi connectivity index (χ1) is 19.6. The quantitative estimate of drug-likeness (QED) is 0.351. The molecule has 1 aliphatic heterocycles. The average molecular weight is 558 g/mol. The first-order valence-corrected chi connectivity index (χ1v) is 13.6. The van der Waals surface area contributed by atoms with Gasteiger partial charge in [0.05, 0.1) is 24.1 Å². The number of nitrogens with two attached hydrogens (primary N) is 1. The van der Waals surface area contributed by atoms with Crippen LogP contribution in [0.15, 0.2) is 54.9 Å². The lowest BCUT2D eigenvalue weighted by Gasteiger charge is -2.34. The number of ether oxygens (including phenoxy) is 2. The van der Waals surface area contributed by atoms with Crippen molar-refractivity contribution >= 4 is 28.9 Å². The molecule has 11 nitrogen and oxygen atoms in total. The number of rotatable bonds is 6. The van der Waals surface area contributed by atoms with Gasteiger partial charge in [0.2, 0.25) is 0 Å². The summed E-state index contributed by atoms with van der Waals surface area (Å²) in [6.45, 7) is 6.95. The molecule has 1 aliphatic rings. The predicted octanol–water partition coefficient (Wildman–Crippen LogP) is 4.59. The number of hydrogen-bond donors (Lipinski definition) is 2. The van der Waals surface area contributed by atoms with Gasteiger partial charge >= 0.3 is 6.09 Å². The number of carbonyl (C=O) groups excluding carboxylic acids is 2. The number of carbonyl (C=O) groups is 2. The molecule has 3 heterocycles. The molecule has 2 aromatic heterocycles. The second kappa shape index (κ2) is 11.4. The van der Waals surface area contributed by atoms with E-state index in [1.165, 1.54) is 13.4 Å². The van der Waals surface area contributed by atoms with Crippen LogP contribution in [0.2, 0.25) is 0 Å². The largest absolute Gasteiger partial charge is 0.496 e. The molecule has 1 saturated heterocycles. The molecular weight excluding hydrogens is 522 g/mol. The predicted molar refractivity (Wildman–Crippen MR) is 155 cm³/mol. The number of para-hydroxylation sites is 1. The van der Waals surface area contributed by atoms with Crippen LogP contribution in [0.5, 0.6) is 5.75 Å². The summed E-state index contributed by atoms with van der Waals surface area (Å²) in [5.74, 6) is 0.609. The number of amides is 2. The molecule has 0 saturated carbocycles. The molecule has 0 radical (unpaired) electrons. The summed E-state index contributed by atoms with van der Waals surface area (Å²) < 4.78 is 12.8. The molecule has 214 valence electrons. The van der Waals surface area contributed by atoms with E-state index in [4.69, 9.17) is 20.3 Å². The van der Waals surface area contributed by atoms with Gasteiger partial charge in [0.25, 0.3) is 5.91 Å². The van der Waals surface area contributed by atoms with Crippen LogP contribution in [0.4, 0.5) is 10.6 Å². The number of benzene rings is 2. The van der Waals surface area contributed by atoms with Gasteiger partial charge < -0.3 is 25.4 Å². The Hall–Kier alpha value is -4.67. The van der Waals surface area contributed by atoms with E-state index in [9.17, 15) is 9.59 Å². The summed E-state index contributed by atoms with van der Waals surface area (Å²) in [7, 11) is 1.54. The molecule has 4 aromatic rings. The fourth-order valence-corrected chi connectivity index (χ4v) is 5.04. The highest BCUT2D eigenvalue weighted by molar-refractivity contribution is 5.98. The smallest absolute Gasteiger partial charge is 0.410 e. The van der Waals surface area contributed by atoms with Crippen molar-refractivity contribution in [3.63, 3.8) is 0 Å². The molecule has 0 bridgehead atoms. The van der Waals surface area contributed by atoms with Gasteiger partial charge in [0, 0.05) is 25.2 Å². The average Bonchev–Trinajstić information content (AvgIpc) is 3.36. The number of nitrogen functional groups attached to an aromatic ring is 1. The minimum Gasteiger partial charge on any atom is -0.496 e. The number of fused-ring (bicyclic) bond motifs is 1. The number of nitrogens with zero attached hydrogens (tertiary/aromatic N) is 5. The molecule has 11 heteroatoms. The van der Waals surface area contributed by atoms with Crippen molar-refractivity contribution < 1.29 is 19.1 Å². The molecule has 1 fully saturated rings. The SMILES string of the molecule is COc1ccccc1C(=O)NCc1cccc(-c2nn([C@@H]3CCCN(C(=O)OC(C)(C)C)C3)c3ncnc(N)c23)c1. The maximum Gasteiger partial charge on any atom is 0.410 e. The zero-order chi connectivity index (χ0) is 29.1. The zero-order valence-electron chi connectivity index (χ0n) is 23.8. The van der Waals surface area contributed by atoms with Crippen LogP contribution in [0.25, 0.3) is 22.3 Å². The summed E-state index contributed by atoms with van der Waals surface area (Å²) >= 11 is 0. The molecular formula is C30H35N7O4. The fraction of sp³-hybridized carbons (Fsp3) is 0.367. The van der Waals surface area contributed by atoms with Crippen molar-refractivity contribution in [1.29, 1.82) is 0 Å². The zero-order valence-corrected chi connectivity index (χ0v) is 23.8. The van der Waals surface area contributed by atoms with Crippen LogP contribution in [0, 0.1) is 0 Å². The highest BCUT2D eigenvalue weighted by Gasteiger charge is 2.31. The van der Waals surface area contributed by atoms with Gasteiger partial charge in [0.1, 0.15) is 29.2 Å². The fourth-order valence-electron chi connectivity index (χ4n) is 5.04. The highest BCUT2D eigenvalue weighted by Crippen LogP contribution is 2.34. The minimum absolute atomic E-state index is 0.106. The van der Waals surface area contributed by atoms with Crippen LogP contribution in [-0.4, -0.2) is 62.4 Å². The number of nitrogens with one attached hydrogen (secondary N) is 1. The van der Waals surface area contributed by atoms with Crippen LogP contribution < -0.4 is 15.8 Å². The summed E-state index contributed by atoms with van der Waals surface area (Å²) in [5.41, 5.74) is 9.20. The van der Waals surface area contributed by atoms with Gasteiger partial charge in [0.15, 0.2) is 5.65 Å². The Morgan fingerprint density at radius 1 is 1.12 bits per heavy atom. The third-order valence-corrected chi connectivity index (χ3v) is 6.92. The topological polar surface area (TPSA) is 137 Å². The Kier molecular flexibility index (Phi) is 7.78. The second-order valence-electron chi connectivity index (χ2n) is 11.1. The summed E-state index contributed by atoms with van der Waals surface area (Å²) in [4.78, 5) is 36.1. The molecule has 2 aromatic carbocycles. The van der Waals surface area contributed by atoms with Gasteiger partial charge in [-0.1, -0.05) is 30.3 Å². The van der Waals surface area contributed by atoms with Gasteiger partial charge in [-0.15, -0.1) is 0 Å². The molecule has 1 atom stereocenters.